The van der Waals surface area contributed by atoms with Crippen LogP contribution >= 0.6 is 0 Å². The van der Waals surface area contributed by atoms with Crippen molar-refractivity contribution in [3.8, 4) is 0 Å². The monoisotopic (exact) mass is 199 g/mol. The molecule has 0 aromatic carbocycles. The lowest BCUT2D eigenvalue weighted by Gasteiger charge is -2.40. The van der Waals surface area contributed by atoms with Crippen LogP contribution in [0.2, 0.25) is 0 Å². The van der Waals surface area contributed by atoms with Gasteiger partial charge in [0.25, 0.3) is 0 Å². The Bertz CT molecular complexity index is 175. The van der Waals surface area contributed by atoms with Crippen LogP contribution in [0, 0.1) is 5.92 Å². The third-order valence-corrected chi connectivity index (χ3v) is 2.73. The molecular formula is C8H13F4N. The lowest BCUT2D eigenvalue weighted by atomic mass is 9.72. The van der Waals surface area contributed by atoms with Crippen LogP contribution < -0.4 is 5.73 Å². The first-order valence-corrected chi connectivity index (χ1v) is 4.37. The van der Waals surface area contributed by atoms with Gasteiger partial charge in [0.2, 0.25) is 5.67 Å². The van der Waals surface area contributed by atoms with Crippen molar-refractivity contribution in [2.45, 2.75) is 37.5 Å². The minimum Gasteiger partial charge on any atom is -0.330 e. The highest BCUT2D eigenvalue weighted by Gasteiger charge is 2.60. The van der Waals surface area contributed by atoms with E-state index < -0.39 is 24.2 Å². The minimum atomic E-state index is -4.77. The van der Waals surface area contributed by atoms with Crippen molar-refractivity contribution in [3.05, 3.63) is 0 Å². The van der Waals surface area contributed by atoms with E-state index in [9.17, 15) is 17.6 Å². The van der Waals surface area contributed by atoms with Crippen LogP contribution in [0.15, 0.2) is 0 Å². The third kappa shape index (κ3) is 1.80. The molecule has 0 radical (unpaired) electrons. The van der Waals surface area contributed by atoms with Crippen LogP contribution in [0.25, 0.3) is 0 Å². The van der Waals surface area contributed by atoms with Crippen LogP contribution in [0.3, 0.4) is 0 Å². The molecule has 5 heteroatoms. The summed E-state index contributed by atoms with van der Waals surface area (Å²) in [6.07, 6.45) is -4.03. The van der Waals surface area contributed by atoms with E-state index in [4.69, 9.17) is 5.73 Å². The van der Waals surface area contributed by atoms with E-state index in [-0.39, 0.29) is 6.54 Å². The number of hydrogen-bond donors (Lipinski definition) is 1. The number of nitrogens with two attached hydrogens (primary N) is 1. The lowest BCUT2D eigenvalue weighted by molar-refractivity contribution is -0.258. The standard InChI is InChI=1S/C8H13F4N/c9-7(4-5-13,8(10,11)12)6-2-1-3-6/h6H,1-5,13H2. The smallest absolute Gasteiger partial charge is 0.330 e. The molecule has 0 heterocycles. The molecule has 0 bridgehead atoms. The molecule has 1 unspecified atom stereocenters. The normalized spacial score (nSPS) is 23.8. The molecule has 78 valence electrons. The van der Waals surface area contributed by atoms with E-state index in [2.05, 4.69) is 0 Å². The maximum Gasteiger partial charge on any atom is 0.422 e. The van der Waals surface area contributed by atoms with Crippen molar-refractivity contribution in [2.24, 2.45) is 11.7 Å². The van der Waals surface area contributed by atoms with Crippen LogP contribution in [0.4, 0.5) is 17.6 Å². The van der Waals surface area contributed by atoms with Gasteiger partial charge >= 0.3 is 6.18 Å². The largest absolute Gasteiger partial charge is 0.422 e. The van der Waals surface area contributed by atoms with Crippen molar-refractivity contribution in [1.82, 2.24) is 0 Å². The summed E-state index contributed by atoms with van der Waals surface area (Å²) in [7, 11) is 0. The average molecular weight is 199 g/mol. The molecule has 13 heavy (non-hydrogen) atoms. The van der Waals surface area contributed by atoms with Crippen molar-refractivity contribution in [1.29, 1.82) is 0 Å². The maximum absolute atomic E-state index is 13.5. The summed E-state index contributed by atoms with van der Waals surface area (Å²) < 4.78 is 50.5. The van der Waals surface area contributed by atoms with Gasteiger partial charge in [-0.25, -0.2) is 4.39 Å². The first kappa shape index (κ1) is 10.8. The fraction of sp³-hybridized carbons (Fsp3) is 1.00. The zero-order valence-corrected chi connectivity index (χ0v) is 7.20. The van der Waals surface area contributed by atoms with Crippen LogP contribution in [0.1, 0.15) is 25.7 Å². The number of rotatable bonds is 3. The van der Waals surface area contributed by atoms with E-state index in [1.54, 1.807) is 0 Å². The zero-order valence-electron chi connectivity index (χ0n) is 7.20. The summed E-state index contributed by atoms with van der Waals surface area (Å²) in [5.41, 5.74) is 1.95. The van der Waals surface area contributed by atoms with Gasteiger partial charge in [-0.3, -0.25) is 0 Å². The van der Waals surface area contributed by atoms with Gasteiger partial charge in [0.05, 0.1) is 0 Å². The van der Waals surface area contributed by atoms with Crippen molar-refractivity contribution < 1.29 is 17.6 Å². The molecule has 1 fully saturated rings. The van der Waals surface area contributed by atoms with Crippen LogP contribution in [0.5, 0.6) is 0 Å². The van der Waals surface area contributed by atoms with Crippen LogP contribution in [-0.2, 0) is 0 Å². The Kier molecular flexibility index (Phi) is 2.85. The predicted octanol–water partition coefficient (Wildman–Crippen LogP) is 2.41. The summed E-state index contributed by atoms with van der Waals surface area (Å²) in [5.74, 6) is -0.865. The molecule has 0 aromatic heterocycles. The van der Waals surface area contributed by atoms with Gasteiger partial charge in [-0.15, -0.1) is 0 Å². The Labute approximate surface area is 74.3 Å². The molecule has 0 amide bonds. The summed E-state index contributed by atoms with van der Waals surface area (Å²) in [6, 6.07) is 0. The third-order valence-electron chi connectivity index (χ3n) is 2.73. The molecule has 0 saturated heterocycles. The highest BCUT2D eigenvalue weighted by molar-refractivity contribution is 4.97. The summed E-state index contributed by atoms with van der Waals surface area (Å²) in [4.78, 5) is 0. The van der Waals surface area contributed by atoms with E-state index in [0.29, 0.717) is 19.3 Å². The quantitative estimate of drug-likeness (QED) is 0.694. The topological polar surface area (TPSA) is 26.0 Å². The fourth-order valence-corrected chi connectivity index (χ4v) is 1.65. The second kappa shape index (κ2) is 3.44. The molecule has 1 saturated carbocycles. The van der Waals surface area contributed by atoms with Gasteiger partial charge in [0, 0.05) is 12.3 Å². The number of alkyl halides is 4. The van der Waals surface area contributed by atoms with Crippen molar-refractivity contribution >= 4 is 0 Å². The Balaban J connectivity index is 2.73. The predicted molar refractivity (Wildman–Crippen MR) is 40.9 cm³/mol. The molecule has 1 nitrogen and oxygen atoms in total. The SMILES string of the molecule is NCCC(F)(C1CCC1)C(F)(F)F. The van der Waals surface area contributed by atoms with Gasteiger partial charge in [-0.05, 0) is 19.4 Å². The molecule has 1 aliphatic carbocycles. The molecule has 0 aliphatic heterocycles. The molecule has 1 rings (SSSR count). The molecule has 1 atom stereocenters. The van der Waals surface area contributed by atoms with Crippen LogP contribution in [-0.4, -0.2) is 18.4 Å². The Hall–Kier alpha value is -0.320. The van der Waals surface area contributed by atoms with Gasteiger partial charge in [-0.2, -0.15) is 13.2 Å². The van der Waals surface area contributed by atoms with Crippen molar-refractivity contribution in [2.75, 3.05) is 6.54 Å². The molecule has 1 aliphatic rings. The molecular weight excluding hydrogens is 186 g/mol. The van der Waals surface area contributed by atoms with Gasteiger partial charge in [0.15, 0.2) is 0 Å². The van der Waals surface area contributed by atoms with Gasteiger partial charge in [-0.1, -0.05) is 6.42 Å². The first-order valence-electron chi connectivity index (χ1n) is 4.37. The highest BCUT2D eigenvalue weighted by Crippen LogP contribution is 2.49. The maximum atomic E-state index is 13.5. The molecule has 0 spiro atoms. The summed E-state index contributed by atoms with van der Waals surface area (Å²) >= 11 is 0. The fourth-order valence-electron chi connectivity index (χ4n) is 1.65. The summed E-state index contributed by atoms with van der Waals surface area (Å²) in [6.45, 7) is -0.257. The van der Waals surface area contributed by atoms with E-state index >= 15 is 0 Å². The summed E-state index contributed by atoms with van der Waals surface area (Å²) in [5, 5.41) is 0. The van der Waals surface area contributed by atoms with Gasteiger partial charge in [0.1, 0.15) is 0 Å². The number of hydrogen-bond acceptors (Lipinski definition) is 1. The Morgan fingerprint density at radius 2 is 1.69 bits per heavy atom. The van der Waals surface area contributed by atoms with E-state index in [1.165, 1.54) is 0 Å². The Morgan fingerprint density at radius 3 is 1.92 bits per heavy atom. The molecule has 2 N–H and O–H groups in total. The molecule has 0 aromatic rings. The second-order valence-corrected chi connectivity index (χ2v) is 3.53. The highest BCUT2D eigenvalue weighted by atomic mass is 19.4. The second-order valence-electron chi connectivity index (χ2n) is 3.53. The first-order chi connectivity index (χ1) is 5.92. The minimum absolute atomic E-state index is 0.257. The Morgan fingerprint density at radius 1 is 1.15 bits per heavy atom. The number of halogens is 4. The average Bonchev–Trinajstić information content (AvgIpc) is 1.80. The van der Waals surface area contributed by atoms with Crippen molar-refractivity contribution in [3.63, 3.8) is 0 Å². The van der Waals surface area contributed by atoms with E-state index in [1.807, 2.05) is 0 Å². The van der Waals surface area contributed by atoms with E-state index in [0.717, 1.165) is 0 Å². The lowest BCUT2D eigenvalue weighted by Crippen LogP contribution is -2.51. The zero-order chi connectivity index (χ0) is 10.1. The van der Waals surface area contributed by atoms with Gasteiger partial charge < -0.3 is 5.73 Å².